The Morgan fingerprint density at radius 3 is 2.33 bits per heavy atom. The molecule has 0 aliphatic heterocycles. The number of nitrogens with two attached hydrogens (primary N) is 1. The average molecular weight is 167 g/mol. The van der Waals surface area contributed by atoms with Crippen molar-refractivity contribution in [3.63, 3.8) is 0 Å². The van der Waals surface area contributed by atoms with Crippen LogP contribution in [0.4, 0.5) is 0 Å². The highest BCUT2D eigenvalue weighted by Gasteiger charge is 2.60. The van der Waals surface area contributed by atoms with E-state index in [9.17, 15) is 0 Å². The maximum Gasteiger partial charge on any atom is 0.0218 e. The van der Waals surface area contributed by atoms with Gasteiger partial charge in [-0.25, -0.2) is 0 Å². The van der Waals surface area contributed by atoms with Gasteiger partial charge in [0.1, 0.15) is 0 Å². The number of hydrogen-bond donors (Lipinski definition) is 1. The molecule has 2 unspecified atom stereocenters. The summed E-state index contributed by atoms with van der Waals surface area (Å²) >= 11 is 0. The molecular weight excluding hydrogens is 146 g/mol. The molecule has 1 nitrogen and oxygen atoms in total. The van der Waals surface area contributed by atoms with E-state index in [0.29, 0.717) is 5.54 Å². The zero-order chi connectivity index (χ0) is 8.60. The third-order valence-electron chi connectivity index (χ3n) is 4.00. The third kappa shape index (κ3) is 1.19. The first kappa shape index (κ1) is 8.55. The zero-order valence-electron chi connectivity index (χ0n) is 8.18. The van der Waals surface area contributed by atoms with Crippen LogP contribution in [-0.4, -0.2) is 5.54 Å². The molecule has 2 saturated carbocycles. The summed E-state index contributed by atoms with van der Waals surface area (Å²) in [5, 5.41) is 0. The summed E-state index contributed by atoms with van der Waals surface area (Å²) in [6.07, 6.45) is 9.65. The van der Waals surface area contributed by atoms with E-state index in [1.54, 1.807) is 0 Å². The van der Waals surface area contributed by atoms with Gasteiger partial charge >= 0.3 is 0 Å². The van der Waals surface area contributed by atoms with Gasteiger partial charge < -0.3 is 5.73 Å². The normalized spacial score (nSPS) is 45.5. The van der Waals surface area contributed by atoms with Crippen molar-refractivity contribution in [3.8, 4) is 0 Å². The molecule has 12 heavy (non-hydrogen) atoms. The predicted molar refractivity (Wildman–Crippen MR) is 51.9 cm³/mol. The summed E-state index contributed by atoms with van der Waals surface area (Å²) in [5.74, 6) is 1.83. The number of rotatable bonds is 3. The average Bonchev–Trinajstić information content (AvgIpc) is 2.71. The quantitative estimate of drug-likeness (QED) is 0.687. The van der Waals surface area contributed by atoms with E-state index in [4.69, 9.17) is 5.73 Å². The largest absolute Gasteiger partial charge is 0.325 e. The first-order chi connectivity index (χ1) is 5.79. The molecule has 2 aliphatic carbocycles. The maximum atomic E-state index is 6.38. The van der Waals surface area contributed by atoms with Crippen molar-refractivity contribution in [1.29, 1.82) is 0 Å². The second-order valence-electron chi connectivity index (χ2n) is 4.71. The lowest BCUT2D eigenvalue weighted by atomic mass is 10.0. The SMILES string of the molecule is CCCCC1(N)C2CCCCC21. The van der Waals surface area contributed by atoms with Crippen molar-refractivity contribution < 1.29 is 0 Å². The highest BCUT2D eigenvalue weighted by atomic mass is 14.9. The predicted octanol–water partition coefficient (Wildman–Crippen LogP) is 2.69. The van der Waals surface area contributed by atoms with Crippen molar-refractivity contribution in [3.05, 3.63) is 0 Å². The van der Waals surface area contributed by atoms with E-state index in [2.05, 4.69) is 6.92 Å². The van der Waals surface area contributed by atoms with Crippen molar-refractivity contribution in [2.24, 2.45) is 17.6 Å². The topological polar surface area (TPSA) is 26.0 Å². The van der Waals surface area contributed by atoms with Gasteiger partial charge in [0.15, 0.2) is 0 Å². The van der Waals surface area contributed by atoms with Gasteiger partial charge in [-0.05, 0) is 31.1 Å². The van der Waals surface area contributed by atoms with Gasteiger partial charge in [0.2, 0.25) is 0 Å². The summed E-state index contributed by atoms with van der Waals surface area (Å²) in [6.45, 7) is 2.26. The van der Waals surface area contributed by atoms with E-state index in [0.717, 1.165) is 11.8 Å². The molecule has 2 atom stereocenters. The number of fused-ring (bicyclic) bond motifs is 1. The number of hydrogen-bond acceptors (Lipinski definition) is 1. The Kier molecular flexibility index (Phi) is 2.16. The molecule has 0 aromatic carbocycles. The van der Waals surface area contributed by atoms with Gasteiger partial charge in [0.05, 0.1) is 0 Å². The van der Waals surface area contributed by atoms with Crippen molar-refractivity contribution in [2.45, 2.75) is 57.4 Å². The van der Waals surface area contributed by atoms with Crippen LogP contribution < -0.4 is 5.73 Å². The van der Waals surface area contributed by atoms with Crippen LogP contribution in [0.15, 0.2) is 0 Å². The summed E-state index contributed by atoms with van der Waals surface area (Å²) in [6, 6.07) is 0. The fraction of sp³-hybridized carbons (Fsp3) is 1.00. The molecule has 1 heteroatoms. The number of unbranched alkanes of at least 4 members (excludes halogenated alkanes) is 1. The molecule has 0 saturated heterocycles. The van der Waals surface area contributed by atoms with Crippen LogP contribution in [0.1, 0.15) is 51.9 Å². The van der Waals surface area contributed by atoms with E-state index < -0.39 is 0 Å². The Balaban J connectivity index is 1.87. The molecule has 0 spiro atoms. The fourth-order valence-electron chi connectivity index (χ4n) is 3.15. The molecular formula is C11H21N. The zero-order valence-corrected chi connectivity index (χ0v) is 8.18. The standard InChI is InChI=1S/C11H21N/c1-2-3-8-11(12)9-6-4-5-7-10(9)11/h9-10H,2-8,12H2,1H3. The Morgan fingerprint density at radius 1 is 1.25 bits per heavy atom. The minimum atomic E-state index is 0.298. The van der Waals surface area contributed by atoms with Crippen LogP contribution in [0.25, 0.3) is 0 Å². The minimum absolute atomic E-state index is 0.298. The van der Waals surface area contributed by atoms with Gasteiger partial charge in [0.25, 0.3) is 0 Å². The summed E-state index contributed by atoms with van der Waals surface area (Å²) < 4.78 is 0. The van der Waals surface area contributed by atoms with Crippen LogP contribution in [0.2, 0.25) is 0 Å². The third-order valence-corrected chi connectivity index (χ3v) is 4.00. The molecule has 70 valence electrons. The molecule has 0 heterocycles. The lowest BCUT2D eigenvalue weighted by Gasteiger charge is -2.09. The molecule has 0 bridgehead atoms. The summed E-state index contributed by atoms with van der Waals surface area (Å²) in [4.78, 5) is 0. The Hall–Kier alpha value is -0.0400. The lowest BCUT2D eigenvalue weighted by molar-refractivity contribution is 0.480. The van der Waals surface area contributed by atoms with Gasteiger partial charge in [-0.1, -0.05) is 32.6 Å². The van der Waals surface area contributed by atoms with Crippen molar-refractivity contribution in [2.75, 3.05) is 0 Å². The van der Waals surface area contributed by atoms with Gasteiger partial charge in [0, 0.05) is 5.54 Å². The van der Waals surface area contributed by atoms with Gasteiger partial charge in [-0.15, -0.1) is 0 Å². The van der Waals surface area contributed by atoms with Crippen LogP contribution in [-0.2, 0) is 0 Å². The molecule has 2 rings (SSSR count). The highest BCUT2D eigenvalue weighted by molar-refractivity contribution is 5.16. The fourth-order valence-corrected chi connectivity index (χ4v) is 3.15. The van der Waals surface area contributed by atoms with E-state index in [1.165, 1.54) is 44.9 Å². The highest BCUT2D eigenvalue weighted by Crippen LogP contribution is 2.59. The lowest BCUT2D eigenvalue weighted by Crippen LogP contribution is -2.26. The first-order valence-corrected chi connectivity index (χ1v) is 5.58. The molecule has 0 aromatic rings. The van der Waals surface area contributed by atoms with Gasteiger partial charge in [-0.2, -0.15) is 0 Å². The van der Waals surface area contributed by atoms with Crippen LogP contribution in [0.3, 0.4) is 0 Å². The molecule has 2 N–H and O–H groups in total. The van der Waals surface area contributed by atoms with Crippen molar-refractivity contribution in [1.82, 2.24) is 0 Å². The van der Waals surface area contributed by atoms with E-state index >= 15 is 0 Å². The smallest absolute Gasteiger partial charge is 0.0218 e. The molecule has 2 fully saturated rings. The Labute approximate surface area is 75.7 Å². The molecule has 0 amide bonds. The minimum Gasteiger partial charge on any atom is -0.325 e. The second-order valence-corrected chi connectivity index (χ2v) is 4.71. The summed E-state index contributed by atoms with van der Waals surface area (Å²) in [7, 11) is 0. The maximum absolute atomic E-state index is 6.38. The molecule has 0 radical (unpaired) electrons. The Morgan fingerprint density at radius 2 is 1.83 bits per heavy atom. The van der Waals surface area contributed by atoms with E-state index in [-0.39, 0.29) is 0 Å². The molecule has 2 aliphatic rings. The van der Waals surface area contributed by atoms with Crippen LogP contribution in [0.5, 0.6) is 0 Å². The van der Waals surface area contributed by atoms with Crippen LogP contribution >= 0.6 is 0 Å². The summed E-state index contributed by atoms with van der Waals surface area (Å²) in [5.41, 5.74) is 6.68. The van der Waals surface area contributed by atoms with Crippen molar-refractivity contribution >= 4 is 0 Å². The monoisotopic (exact) mass is 167 g/mol. The van der Waals surface area contributed by atoms with Gasteiger partial charge in [-0.3, -0.25) is 0 Å². The molecule has 0 aromatic heterocycles. The van der Waals surface area contributed by atoms with Crippen LogP contribution in [0, 0.1) is 11.8 Å². The first-order valence-electron chi connectivity index (χ1n) is 5.58. The second kappa shape index (κ2) is 3.02. The van der Waals surface area contributed by atoms with E-state index in [1.807, 2.05) is 0 Å². The Bertz CT molecular complexity index is 152.